The second kappa shape index (κ2) is 8.41. The number of pyridine rings is 1. The predicted molar refractivity (Wildman–Crippen MR) is 107 cm³/mol. The van der Waals surface area contributed by atoms with E-state index >= 15 is 0 Å². The lowest BCUT2D eigenvalue weighted by molar-refractivity contribution is 0.0695. The van der Waals surface area contributed by atoms with E-state index < -0.39 is 5.97 Å². The van der Waals surface area contributed by atoms with Crippen molar-refractivity contribution in [1.82, 2.24) is 10.3 Å². The number of nitrogens with one attached hydrogen (secondary N) is 1. The SMILES string of the molecule is O=C(O)c1ccncc1CC[C@@H]1NCCc2cc(Oc3ccc(F)cc3)ccc21. The predicted octanol–water partition coefficient (Wildman–Crippen LogP) is 4.53. The first kappa shape index (κ1) is 19.1. The Morgan fingerprint density at radius 2 is 1.97 bits per heavy atom. The Hall–Kier alpha value is -3.25. The molecule has 0 radical (unpaired) electrons. The molecule has 0 aliphatic carbocycles. The molecule has 0 bridgehead atoms. The summed E-state index contributed by atoms with van der Waals surface area (Å²) in [4.78, 5) is 15.5. The van der Waals surface area contributed by atoms with Gasteiger partial charge in [-0.15, -0.1) is 0 Å². The van der Waals surface area contributed by atoms with E-state index in [0.717, 1.165) is 30.7 Å². The fourth-order valence-corrected chi connectivity index (χ4v) is 3.72. The van der Waals surface area contributed by atoms with Crippen molar-refractivity contribution in [2.45, 2.75) is 25.3 Å². The summed E-state index contributed by atoms with van der Waals surface area (Å²) in [5, 5.41) is 12.9. The first-order chi connectivity index (χ1) is 14.1. The minimum Gasteiger partial charge on any atom is -0.478 e. The van der Waals surface area contributed by atoms with Crippen molar-refractivity contribution in [3.63, 3.8) is 0 Å². The molecule has 0 fully saturated rings. The van der Waals surface area contributed by atoms with Crippen LogP contribution in [0.15, 0.2) is 60.9 Å². The number of benzene rings is 2. The van der Waals surface area contributed by atoms with Gasteiger partial charge in [-0.2, -0.15) is 0 Å². The highest BCUT2D eigenvalue weighted by molar-refractivity contribution is 5.89. The molecule has 1 aliphatic rings. The average molecular weight is 392 g/mol. The summed E-state index contributed by atoms with van der Waals surface area (Å²) in [6.07, 6.45) is 5.42. The van der Waals surface area contributed by atoms with Gasteiger partial charge in [0.1, 0.15) is 17.3 Å². The number of hydrogen-bond acceptors (Lipinski definition) is 4. The van der Waals surface area contributed by atoms with E-state index in [9.17, 15) is 14.3 Å². The zero-order chi connectivity index (χ0) is 20.2. The number of nitrogens with zero attached hydrogens (tertiary/aromatic N) is 1. The lowest BCUT2D eigenvalue weighted by Gasteiger charge is -2.27. The van der Waals surface area contributed by atoms with Gasteiger partial charge >= 0.3 is 5.97 Å². The Morgan fingerprint density at radius 1 is 1.17 bits per heavy atom. The van der Waals surface area contributed by atoms with Crippen molar-refractivity contribution in [2.75, 3.05) is 6.54 Å². The van der Waals surface area contributed by atoms with Crippen LogP contribution in [0.1, 0.15) is 39.5 Å². The normalized spacial score (nSPS) is 15.6. The van der Waals surface area contributed by atoms with Crippen LogP contribution in [0.2, 0.25) is 0 Å². The van der Waals surface area contributed by atoms with Crippen LogP contribution in [-0.2, 0) is 12.8 Å². The van der Waals surface area contributed by atoms with Gasteiger partial charge in [-0.05, 0) is 85.0 Å². The number of hydrogen-bond donors (Lipinski definition) is 2. The lowest BCUT2D eigenvalue weighted by atomic mass is 9.90. The second-order valence-electron chi connectivity index (χ2n) is 7.05. The molecule has 148 valence electrons. The fourth-order valence-electron chi connectivity index (χ4n) is 3.72. The number of aromatic nitrogens is 1. The Kier molecular flexibility index (Phi) is 5.53. The second-order valence-corrected chi connectivity index (χ2v) is 7.05. The van der Waals surface area contributed by atoms with Gasteiger partial charge in [0.05, 0.1) is 5.56 Å². The van der Waals surface area contributed by atoms with Crippen molar-refractivity contribution in [1.29, 1.82) is 0 Å². The van der Waals surface area contributed by atoms with Gasteiger partial charge < -0.3 is 15.2 Å². The fraction of sp³-hybridized carbons (Fsp3) is 0.217. The molecule has 6 heteroatoms. The first-order valence-electron chi connectivity index (χ1n) is 9.56. The monoisotopic (exact) mass is 392 g/mol. The van der Waals surface area contributed by atoms with Crippen molar-refractivity contribution in [3.05, 3.63) is 89.0 Å². The van der Waals surface area contributed by atoms with Crippen LogP contribution < -0.4 is 10.1 Å². The van der Waals surface area contributed by atoms with Crippen LogP contribution in [0.5, 0.6) is 11.5 Å². The summed E-state index contributed by atoms with van der Waals surface area (Å²) < 4.78 is 18.9. The number of carboxylic acid groups (broad SMARTS) is 1. The molecule has 1 aliphatic heterocycles. The molecule has 0 spiro atoms. The molecule has 1 atom stereocenters. The van der Waals surface area contributed by atoms with E-state index in [0.29, 0.717) is 17.7 Å². The highest BCUT2D eigenvalue weighted by atomic mass is 19.1. The number of rotatable bonds is 6. The molecule has 0 unspecified atom stereocenters. The summed E-state index contributed by atoms with van der Waals surface area (Å²) in [7, 11) is 0. The van der Waals surface area contributed by atoms with Crippen LogP contribution in [0.25, 0.3) is 0 Å². The van der Waals surface area contributed by atoms with E-state index in [2.05, 4.69) is 10.3 Å². The van der Waals surface area contributed by atoms with Crippen LogP contribution >= 0.6 is 0 Å². The average Bonchev–Trinajstić information content (AvgIpc) is 2.74. The summed E-state index contributed by atoms with van der Waals surface area (Å²) in [6, 6.07) is 13.6. The maximum atomic E-state index is 13.1. The van der Waals surface area contributed by atoms with E-state index in [4.69, 9.17) is 4.74 Å². The maximum absolute atomic E-state index is 13.1. The molecule has 0 saturated heterocycles. The summed E-state index contributed by atoms with van der Waals surface area (Å²) in [5.74, 6) is 0.0874. The van der Waals surface area contributed by atoms with Gasteiger partial charge in [-0.3, -0.25) is 4.98 Å². The van der Waals surface area contributed by atoms with Gasteiger partial charge in [0.2, 0.25) is 0 Å². The summed E-state index contributed by atoms with van der Waals surface area (Å²) >= 11 is 0. The van der Waals surface area contributed by atoms with Crippen molar-refractivity contribution in [2.24, 2.45) is 0 Å². The van der Waals surface area contributed by atoms with E-state index in [1.165, 1.54) is 29.5 Å². The maximum Gasteiger partial charge on any atom is 0.336 e. The van der Waals surface area contributed by atoms with Crippen LogP contribution in [0.3, 0.4) is 0 Å². The van der Waals surface area contributed by atoms with Crippen molar-refractivity contribution in [3.8, 4) is 11.5 Å². The molecule has 29 heavy (non-hydrogen) atoms. The topological polar surface area (TPSA) is 71.5 Å². The standard InChI is InChI=1S/C23H21FN2O3/c24-17-2-4-18(5-3-17)29-19-6-7-20-15(13-19)9-12-26-22(20)8-1-16-14-25-11-10-21(16)23(27)28/h2-7,10-11,13-14,22,26H,1,8-9,12H2,(H,27,28)/t22-/m0/s1. The highest BCUT2D eigenvalue weighted by Crippen LogP contribution is 2.31. The zero-order valence-electron chi connectivity index (χ0n) is 15.8. The van der Waals surface area contributed by atoms with E-state index in [-0.39, 0.29) is 11.9 Å². The third-order valence-electron chi connectivity index (χ3n) is 5.16. The Bertz CT molecular complexity index is 1020. The van der Waals surface area contributed by atoms with Crippen molar-refractivity contribution >= 4 is 5.97 Å². The molecule has 2 heterocycles. The van der Waals surface area contributed by atoms with Gasteiger partial charge in [-0.25, -0.2) is 9.18 Å². The summed E-state index contributed by atoms with van der Waals surface area (Å²) in [5.41, 5.74) is 3.45. The Labute approximate surface area is 168 Å². The van der Waals surface area contributed by atoms with Crippen LogP contribution in [-0.4, -0.2) is 22.6 Å². The first-order valence-corrected chi connectivity index (χ1v) is 9.56. The van der Waals surface area contributed by atoms with Gasteiger partial charge in [-0.1, -0.05) is 6.07 Å². The minimum atomic E-state index is -0.929. The summed E-state index contributed by atoms with van der Waals surface area (Å²) in [6.45, 7) is 0.844. The zero-order valence-corrected chi connectivity index (χ0v) is 15.8. The number of fused-ring (bicyclic) bond motifs is 1. The minimum absolute atomic E-state index is 0.139. The molecule has 0 amide bonds. The van der Waals surface area contributed by atoms with Crippen molar-refractivity contribution < 1.29 is 19.0 Å². The molecule has 2 aromatic carbocycles. The molecule has 5 nitrogen and oxygen atoms in total. The van der Waals surface area contributed by atoms with Gasteiger partial charge in [0, 0.05) is 18.4 Å². The molecular formula is C23H21FN2O3. The number of carboxylic acids is 1. The molecule has 2 N–H and O–H groups in total. The van der Waals surface area contributed by atoms with E-state index in [1.54, 1.807) is 24.4 Å². The Morgan fingerprint density at radius 3 is 2.76 bits per heavy atom. The van der Waals surface area contributed by atoms with E-state index in [1.807, 2.05) is 18.2 Å². The lowest BCUT2D eigenvalue weighted by Crippen LogP contribution is -2.30. The molecular weight excluding hydrogens is 371 g/mol. The number of aryl methyl sites for hydroxylation is 1. The molecule has 4 rings (SSSR count). The van der Waals surface area contributed by atoms with Crippen LogP contribution in [0.4, 0.5) is 4.39 Å². The van der Waals surface area contributed by atoms with Gasteiger partial charge in [0.15, 0.2) is 0 Å². The largest absolute Gasteiger partial charge is 0.478 e. The third-order valence-corrected chi connectivity index (χ3v) is 5.16. The molecule has 3 aromatic rings. The molecule has 0 saturated carbocycles. The Balaban J connectivity index is 1.48. The number of ether oxygens (including phenoxy) is 1. The smallest absolute Gasteiger partial charge is 0.336 e. The number of carbonyl (C=O) groups is 1. The van der Waals surface area contributed by atoms with Crippen LogP contribution in [0, 0.1) is 5.82 Å². The third kappa shape index (κ3) is 4.43. The number of halogens is 1. The quantitative estimate of drug-likeness (QED) is 0.645. The highest BCUT2D eigenvalue weighted by Gasteiger charge is 2.21. The molecule has 1 aromatic heterocycles. The number of aromatic carboxylic acids is 1. The van der Waals surface area contributed by atoms with Gasteiger partial charge in [0.25, 0.3) is 0 Å².